The maximum Gasteiger partial charge on any atom is 0.160 e. The first-order valence-corrected chi connectivity index (χ1v) is 7.83. The molecule has 0 spiro atoms. The summed E-state index contributed by atoms with van der Waals surface area (Å²) in [5.41, 5.74) is 3.62. The molecule has 2 N–H and O–H groups in total. The molecule has 2 aromatic carbocycles. The lowest BCUT2D eigenvalue weighted by Crippen LogP contribution is -2.36. The molecule has 1 atom stereocenters. The van der Waals surface area contributed by atoms with Gasteiger partial charge >= 0.3 is 0 Å². The number of benzene rings is 2. The van der Waals surface area contributed by atoms with Crippen molar-refractivity contribution in [2.75, 3.05) is 6.54 Å². The number of H-pyrrole nitrogens is 1. The van der Waals surface area contributed by atoms with Crippen LogP contribution in [0.4, 0.5) is 4.39 Å². The van der Waals surface area contributed by atoms with E-state index >= 15 is 0 Å². The number of nitrogens with one attached hydrogen (secondary N) is 2. The van der Waals surface area contributed by atoms with E-state index in [0.717, 1.165) is 24.2 Å². The third-order valence-electron chi connectivity index (χ3n) is 4.50. The fourth-order valence-electron chi connectivity index (χ4n) is 3.39. The zero-order chi connectivity index (χ0) is 15.8. The number of carbonyl (C=O) groups excluding carboxylic acids is 1. The van der Waals surface area contributed by atoms with Crippen molar-refractivity contribution in [3.05, 3.63) is 71.2 Å². The van der Waals surface area contributed by atoms with Gasteiger partial charge in [0.1, 0.15) is 11.9 Å². The number of rotatable bonds is 3. The van der Waals surface area contributed by atoms with Crippen molar-refractivity contribution in [2.45, 2.75) is 26.3 Å². The first-order valence-electron chi connectivity index (χ1n) is 7.83. The van der Waals surface area contributed by atoms with E-state index in [1.807, 2.05) is 18.2 Å². The average Bonchev–Trinajstić information content (AvgIpc) is 2.95. The molecule has 3 nitrogen and oxygen atoms in total. The zero-order valence-corrected chi connectivity index (χ0v) is 12.6. The van der Waals surface area contributed by atoms with Gasteiger partial charge in [-0.1, -0.05) is 43.8 Å². The number of para-hydroxylation sites is 1. The van der Waals surface area contributed by atoms with Crippen LogP contribution in [-0.4, -0.2) is 17.3 Å². The normalized spacial score (nSPS) is 16.5. The molecule has 0 saturated carbocycles. The highest BCUT2D eigenvalue weighted by atomic mass is 19.1. The van der Waals surface area contributed by atoms with Crippen molar-refractivity contribution in [3.8, 4) is 0 Å². The molecule has 2 heterocycles. The smallest absolute Gasteiger partial charge is 0.160 e. The minimum absolute atomic E-state index is 0. The monoisotopic (exact) mass is 324 g/mol. The summed E-state index contributed by atoms with van der Waals surface area (Å²) in [7, 11) is 0. The minimum Gasteiger partial charge on any atom is -0.356 e. The molecule has 0 saturated heterocycles. The number of halogens is 1. The van der Waals surface area contributed by atoms with Gasteiger partial charge in [-0.2, -0.15) is 0 Å². The number of Topliss-reactive ketones (excluding diaryl/α,β-unsaturated/α-hetero) is 1. The second-order valence-electron chi connectivity index (χ2n) is 5.93. The summed E-state index contributed by atoms with van der Waals surface area (Å²) in [4.78, 5) is 16.1. The van der Waals surface area contributed by atoms with Gasteiger partial charge in [0, 0.05) is 29.6 Å². The molecule has 0 fully saturated rings. The van der Waals surface area contributed by atoms with E-state index in [0.29, 0.717) is 5.56 Å². The van der Waals surface area contributed by atoms with Gasteiger partial charge in [-0.05, 0) is 29.7 Å². The Balaban J connectivity index is 0.00000169. The lowest BCUT2D eigenvalue weighted by molar-refractivity contribution is -0.120. The van der Waals surface area contributed by atoms with Crippen LogP contribution in [0.15, 0.2) is 48.5 Å². The molecular weight excluding hydrogens is 303 g/mol. The van der Waals surface area contributed by atoms with Crippen molar-refractivity contribution >= 4 is 16.7 Å². The first kappa shape index (κ1) is 16.4. The Kier molecular flexibility index (Phi) is 4.49. The standard InChI is InChI=1S/C19H17FN2O.CH4/c20-15-7-3-1-5-12(15)11-17(23)19-18-14(9-10-21-19)13-6-2-4-8-16(13)22-18;/h1-8,19,21-22H,9-11H2;1H4. The lowest BCUT2D eigenvalue weighted by atomic mass is 9.94. The second kappa shape index (κ2) is 6.57. The Labute approximate surface area is 140 Å². The van der Waals surface area contributed by atoms with E-state index in [2.05, 4.69) is 16.4 Å². The van der Waals surface area contributed by atoms with E-state index in [4.69, 9.17) is 0 Å². The van der Waals surface area contributed by atoms with Gasteiger partial charge in [-0.15, -0.1) is 0 Å². The Morgan fingerprint density at radius 1 is 1.12 bits per heavy atom. The Morgan fingerprint density at radius 3 is 2.71 bits per heavy atom. The molecule has 0 radical (unpaired) electrons. The van der Waals surface area contributed by atoms with Crippen LogP contribution < -0.4 is 5.32 Å². The van der Waals surface area contributed by atoms with Crippen LogP contribution >= 0.6 is 0 Å². The third-order valence-corrected chi connectivity index (χ3v) is 4.50. The number of aromatic nitrogens is 1. The van der Waals surface area contributed by atoms with E-state index in [-0.39, 0.29) is 25.4 Å². The molecule has 3 aromatic rings. The van der Waals surface area contributed by atoms with Crippen LogP contribution in [0, 0.1) is 5.82 Å². The number of hydrogen-bond acceptors (Lipinski definition) is 2. The summed E-state index contributed by atoms with van der Waals surface area (Å²) in [6.45, 7) is 0.753. The first-order chi connectivity index (χ1) is 11.2. The van der Waals surface area contributed by atoms with Crippen LogP contribution in [0.2, 0.25) is 0 Å². The highest BCUT2D eigenvalue weighted by Gasteiger charge is 2.29. The fraction of sp³-hybridized carbons (Fsp3) is 0.250. The van der Waals surface area contributed by atoms with Crippen molar-refractivity contribution in [1.29, 1.82) is 0 Å². The molecule has 124 valence electrons. The molecule has 1 aromatic heterocycles. The Morgan fingerprint density at radius 2 is 1.88 bits per heavy atom. The van der Waals surface area contributed by atoms with E-state index < -0.39 is 6.04 Å². The molecule has 1 aliphatic heterocycles. The largest absolute Gasteiger partial charge is 0.356 e. The van der Waals surface area contributed by atoms with Gasteiger partial charge in [0.05, 0.1) is 0 Å². The molecular formula is C20H21FN2O. The van der Waals surface area contributed by atoms with E-state index in [1.165, 1.54) is 17.0 Å². The number of hydrogen-bond donors (Lipinski definition) is 2. The molecule has 4 rings (SSSR count). The molecule has 0 amide bonds. The minimum atomic E-state index is -0.397. The number of carbonyl (C=O) groups is 1. The number of ketones is 1. The van der Waals surface area contributed by atoms with Gasteiger partial charge in [-0.25, -0.2) is 4.39 Å². The van der Waals surface area contributed by atoms with Gasteiger partial charge in [-0.3, -0.25) is 4.79 Å². The molecule has 1 aliphatic rings. The van der Waals surface area contributed by atoms with Crippen molar-refractivity contribution in [3.63, 3.8) is 0 Å². The molecule has 24 heavy (non-hydrogen) atoms. The van der Waals surface area contributed by atoms with Gasteiger partial charge in [0.2, 0.25) is 0 Å². The SMILES string of the molecule is C.O=C(Cc1ccccc1F)C1NCCc2c1[nH]c1ccccc21. The summed E-state index contributed by atoms with van der Waals surface area (Å²) in [6.07, 6.45) is 0.988. The van der Waals surface area contributed by atoms with Gasteiger partial charge in [0.25, 0.3) is 0 Å². The van der Waals surface area contributed by atoms with Gasteiger partial charge in [0.15, 0.2) is 5.78 Å². The molecule has 0 aliphatic carbocycles. The summed E-state index contributed by atoms with van der Waals surface area (Å²) in [5, 5.41) is 4.45. The Bertz CT molecular complexity index is 884. The van der Waals surface area contributed by atoms with E-state index in [9.17, 15) is 9.18 Å². The lowest BCUT2D eigenvalue weighted by Gasteiger charge is -2.23. The molecule has 0 bridgehead atoms. The molecule has 1 unspecified atom stereocenters. The maximum atomic E-state index is 13.8. The Hall–Kier alpha value is -2.46. The van der Waals surface area contributed by atoms with Crippen molar-refractivity contribution < 1.29 is 9.18 Å². The van der Waals surface area contributed by atoms with E-state index in [1.54, 1.807) is 18.2 Å². The summed E-state index contributed by atoms with van der Waals surface area (Å²) in [6, 6.07) is 14.1. The summed E-state index contributed by atoms with van der Waals surface area (Å²) in [5.74, 6) is -0.337. The molecule has 4 heteroatoms. The third kappa shape index (κ3) is 2.74. The quantitative estimate of drug-likeness (QED) is 0.766. The van der Waals surface area contributed by atoms with Crippen molar-refractivity contribution in [2.24, 2.45) is 0 Å². The average molecular weight is 324 g/mol. The van der Waals surface area contributed by atoms with Crippen molar-refractivity contribution in [1.82, 2.24) is 10.3 Å². The van der Waals surface area contributed by atoms with Crippen LogP contribution in [0.5, 0.6) is 0 Å². The van der Waals surface area contributed by atoms with Crippen LogP contribution in [0.1, 0.15) is 30.3 Å². The maximum absolute atomic E-state index is 13.8. The van der Waals surface area contributed by atoms with Crippen LogP contribution in [-0.2, 0) is 17.6 Å². The summed E-state index contributed by atoms with van der Waals surface area (Å²) >= 11 is 0. The predicted octanol–water partition coefficient (Wildman–Crippen LogP) is 3.94. The zero-order valence-electron chi connectivity index (χ0n) is 12.6. The number of aromatic amines is 1. The van der Waals surface area contributed by atoms with Crippen LogP contribution in [0.25, 0.3) is 10.9 Å². The highest BCUT2D eigenvalue weighted by molar-refractivity contribution is 5.92. The highest BCUT2D eigenvalue weighted by Crippen LogP contribution is 2.31. The van der Waals surface area contributed by atoms with Gasteiger partial charge < -0.3 is 10.3 Å². The number of fused-ring (bicyclic) bond motifs is 3. The fourth-order valence-corrected chi connectivity index (χ4v) is 3.39. The topological polar surface area (TPSA) is 44.9 Å². The summed E-state index contributed by atoms with van der Waals surface area (Å²) < 4.78 is 13.8. The predicted molar refractivity (Wildman–Crippen MR) is 94.6 cm³/mol. The second-order valence-corrected chi connectivity index (χ2v) is 5.93. The van der Waals surface area contributed by atoms with Crippen LogP contribution in [0.3, 0.4) is 0 Å².